The zero-order valence-electron chi connectivity index (χ0n) is 16.7. The van der Waals surface area contributed by atoms with Gasteiger partial charge in [-0.1, -0.05) is 32.9 Å². The molecule has 0 radical (unpaired) electrons. The molecule has 1 N–H and O–H groups in total. The Labute approximate surface area is 161 Å². The van der Waals surface area contributed by atoms with E-state index in [2.05, 4.69) is 32.9 Å². The molecular formula is C23H29NO3. The van der Waals surface area contributed by atoms with Crippen LogP contribution in [0.25, 0.3) is 11.1 Å². The summed E-state index contributed by atoms with van der Waals surface area (Å²) in [6, 6.07) is 12.0. The highest BCUT2D eigenvalue weighted by molar-refractivity contribution is 6.24. The normalized spacial score (nSPS) is 12.3. The molecule has 0 atom stereocenters. The first kappa shape index (κ1) is 19.3. The first-order valence-electron chi connectivity index (χ1n) is 9.76. The molecule has 0 unspecified atom stereocenters. The third kappa shape index (κ3) is 4.44. The number of benzene rings is 2. The van der Waals surface area contributed by atoms with Crippen LogP contribution in [0.5, 0.6) is 11.5 Å². The Bertz CT molecular complexity index is 759. The van der Waals surface area contributed by atoms with Crippen molar-refractivity contribution in [3.05, 3.63) is 47.5 Å². The van der Waals surface area contributed by atoms with Crippen LogP contribution in [0.2, 0.25) is 0 Å². The van der Waals surface area contributed by atoms with Gasteiger partial charge in [0.05, 0.1) is 13.2 Å². The molecule has 1 aliphatic rings. The van der Waals surface area contributed by atoms with E-state index in [0.717, 1.165) is 46.6 Å². The molecule has 27 heavy (non-hydrogen) atoms. The number of hydrogen-bond donors (Lipinski definition) is 1. The molecule has 2 aromatic carbocycles. The standard InChI is InChI=1S/C23H29NO3/c1-15(2)9-11-26-17-5-7-19-20-8-6-18(27-12-10-16(3)4)14-22(20)23(24-25)21(19)13-17/h5-8,13-16,25H,9-12H2,1-4H3. The first-order chi connectivity index (χ1) is 13.0. The Morgan fingerprint density at radius 2 is 1.19 bits per heavy atom. The Kier molecular flexibility index (Phi) is 6.04. The number of fused-ring (bicyclic) bond motifs is 3. The molecule has 0 fully saturated rings. The van der Waals surface area contributed by atoms with Crippen LogP contribution >= 0.6 is 0 Å². The maximum Gasteiger partial charge on any atom is 0.120 e. The molecule has 3 rings (SSSR count). The van der Waals surface area contributed by atoms with Crippen molar-refractivity contribution in [1.29, 1.82) is 0 Å². The summed E-state index contributed by atoms with van der Waals surface area (Å²) in [4.78, 5) is 0. The number of ether oxygens (including phenoxy) is 2. The van der Waals surface area contributed by atoms with Crippen LogP contribution in [-0.4, -0.2) is 24.1 Å². The maximum atomic E-state index is 9.65. The fraction of sp³-hybridized carbons (Fsp3) is 0.435. The average molecular weight is 367 g/mol. The van der Waals surface area contributed by atoms with Crippen LogP contribution in [-0.2, 0) is 0 Å². The topological polar surface area (TPSA) is 51.0 Å². The quantitative estimate of drug-likeness (QED) is 0.408. The summed E-state index contributed by atoms with van der Waals surface area (Å²) in [7, 11) is 0. The van der Waals surface area contributed by atoms with Crippen molar-refractivity contribution in [1.82, 2.24) is 0 Å². The van der Waals surface area contributed by atoms with Gasteiger partial charge >= 0.3 is 0 Å². The van der Waals surface area contributed by atoms with Crippen LogP contribution in [0.1, 0.15) is 51.7 Å². The van der Waals surface area contributed by atoms with E-state index in [1.165, 1.54) is 0 Å². The van der Waals surface area contributed by atoms with Gasteiger partial charge < -0.3 is 14.7 Å². The lowest BCUT2D eigenvalue weighted by Gasteiger charge is -2.10. The van der Waals surface area contributed by atoms with Gasteiger partial charge in [0, 0.05) is 11.1 Å². The summed E-state index contributed by atoms with van der Waals surface area (Å²) in [6.07, 6.45) is 2.02. The molecule has 0 saturated carbocycles. The molecule has 4 nitrogen and oxygen atoms in total. The molecule has 0 amide bonds. The minimum atomic E-state index is 0.573. The van der Waals surface area contributed by atoms with Gasteiger partial charge in [-0.15, -0.1) is 0 Å². The van der Waals surface area contributed by atoms with E-state index >= 15 is 0 Å². The van der Waals surface area contributed by atoms with Crippen molar-refractivity contribution in [2.45, 2.75) is 40.5 Å². The molecule has 0 heterocycles. The second-order valence-corrected chi connectivity index (χ2v) is 7.93. The molecule has 0 saturated heterocycles. The van der Waals surface area contributed by atoms with Crippen LogP contribution in [0.15, 0.2) is 41.6 Å². The van der Waals surface area contributed by atoms with Gasteiger partial charge in [-0.2, -0.15) is 0 Å². The van der Waals surface area contributed by atoms with Crippen LogP contribution in [0.4, 0.5) is 0 Å². The molecule has 1 aliphatic carbocycles. The van der Waals surface area contributed by atoms with E-state index in [1.54, 1.807) is 0 Å². The Morgan fingerprint density at radius 3 is 1.56 bits per heavy atom. The maximum absolute atomic E-state index is 9.65. The third-order valence-electron chi connectivity index (χ3n) is 4.81. The lowest BCUT2D eigenvalue weighted by Crippen LogP contribution is -2.04. The molecule has 0 aromatic heterocycles. The van der Waals surface area contributed by atoms with Gasteiger partial charge in [0.1, 0.15) is 17.2 Å². The van der Waals surface area contributed by atoms with E-state index in [1.807, 2.05) is 36.4 Å². The monoisotopic (exact) mass is 367 g/mol. The van der Waals surface area contributed by atoms with Gasteiger partial charge in [0.15, 0.2) is 0 Å². The zero-order valence-corrected chi connectivity index (χ0v) is 16.7. The smallest absolute Gasteiger partial charge is 0.120 e. The highest BCUT2D eigenvalue weighted by Crippen LogP contribution is 2.40. The van der Waals surface area contributed by atoms with E-state index in [9.17, 15) is 5.21 Å². The third-order valence-corrected chi connectivity index (χ3v) is 4.81. The minimum absolute atomic E-state index is 0.573. The zero-order chi connectivity index (χ0) is 19.4. The first-order valence-corrected chi connectivity index (χ1v) is 9.76. The lowest BCUT2D eigenvalue weighted by molar-refractivity contribution is 0.289. The summed E-state index contributed by atoms with van der Waals surface area (Å²) in [6.45, 7) is 10.1. The van der Waals surface area contributed by atoms with Gasteiger partial charge in [-0.05, 0) is 72.2 Å². The molecule has 0 aliphatic heterocycles. The Balaban J connectivity index is 1.81. The van der Waals surface area contributed by atoms with Gasteiger partial charge in [-0.25, -0.2) is 0 Å². The summed E-state index contributed by atoms with van der Waals surface area (Å²) in [5, 5.41) is 13.2. The van der Waals surface area contributed by atoms with Crippen molar-refractivity contribution in [2.75, 3.05) is 13.2 Å². The van der Waals surface area contributed by atoms with Gasteiger partial charge in [0.2, 0.25) is 0 Å². The van der Waals surface area contributed by atoms with Crippen molar-refractivity contribution in [2.24, 2.45) is 17.0 Å². The summed E-state index contributed by atoms with van der Waals surface area (Å²) < 4.78 is 11.7. The van der Waals surface area contributed by atoms with E-state index in [-0.39, 0.29) is 0 Å². The molecule has 0 bridgehead atoms. The van der Waals surface area contributed by atoms with Crippen molar-refractivity contribution in [3.63, 3.8) is 0 Å². The van der Waals surface area contributed by atoms with E-state index in [0.29, 0.717) is 30.8 Å². The molecule has 4 heteroatoms. The predicted molar refractivity (Wildman–Crippen MR) is 109 cm³/mol. The van der Waals surface area contributed by atoms with Crippen molar-refractivity contribution in [3.8, 4) is 22.6 Å². The summed E-state index contributed by atoms with van der Waals surface area (Å²) >= 11 is 0. The lowest BCUT2D eigenvalue weighted by atomic mass is 10.1. The fourth-order valence-corrected chi connectivity index (χ4v) is 3.17. The predicted octanol–water partition coefficient (Wildman–Crippen LogP) is 5.74. The van der Waals surface area contributed by atoms with Gasteiger partial charge in [-0.3, -0.25) is 0 Å². The summed E-state index contributed by atoms with van der Waals surface area (Å²) in [5.41, 5.74) is 4.48. The number of nitrogens with zero attached hydrogens (tertiary/aromatic N) is 1. The largest absolute Gasteiger partial charge is 0.494 e. The highest BCUT2D eigenvalue weighted by Gasteiger charge is 2.26. The minimum Gasteiger partial charge on any atom is -0.494 e. The van der Waals surface area contributed by atoms with Crippen LogP contribution in [0, 0.1) is 11.8 Å². The van der Waals surface area contributed by atoms with Crippen LogP contribution < -0.4 is 9.47 Å². The van der Waals surface area contributed by atoms with Crippen molar-refractivity contribution >= 4 is 5.71 Å². The number of rotatable bonds is 8. The molecule has 0 spiro atoms. The second-order valence-electron chi connectivity index (χ2n) is 7.93. The van der Waals surface area contributed by atoms with E-state index < -0.39 is 0 Å². The molecule has 2 aromatic rings. The van der Waals surface area contributed by atoms with Gasteiger partial charge in [0.25, 0.3) is 0 Å². The van der Waals surface area contributed by atoms with E-state index in [4.69, 9.17) is 9.47 Å². The number of oxime groups is 1. The number of hydrogen-bond acceptors (Lipinski definition) is 4. The Morgan fingerprint density at radius 1 is 0.741 bits per heavy atom. The molecule has 144 valence electrons. The fourth-order valence-electron chi connectivity index (χ4n) is 3.17. The van der Waals surface area contributed by atoms with Crippen molar-refractivity contribution < 1.29 is 14.7 Å². The Hall–Kier alpha value is -2.49. The highest BCUT2D eigenvalue weighted by atomic mass is 16.5. The molecular weight excluding hydrogens is 338 g/mol. The SMILES string of the molecule is CC(C)CCOc1ccc2c(c1)C(=NO)c1cc(OCCC(C)C)ccc1-2. The van der Waals surface area contributed by atoms with Crippen LogP contribution in [0.3, 0.4) is 0 Å². The average Bonchev–Trinajstić information content (AvgIpc) is 2.93. The second kappa shape index (κ2) is 8.47. The summed E-state index contributed by atoms with van der Waals surface area (Å²) in [5.74, 6) is 2.81.